The van der Waals surface area contributed by atoms with Crippen LogP contribution in [0.15, 0.2) is 24.3 Å². The van der Waals surface area contributed by atoms with Crippen molar-refractivity contribution >= 4 is 23.9 Å². The highest BCUT2D eigenvalue weighted by Gasteiger charge is 2.21. The van der Waals surface area contributed by atoms with E-state index in [1.807, 2.05) is 0 Å². The Balaban J connectivity index is 4.07. The minimum Gasteiger partial charge on any atom is -0.459 e. The lowest BCUT2D eigenvalue weighted by Gasteiger charge is -2.14. The molecule has 2 unspecified atom stereocenters. The highest BCUT2D eigenvalue weighted by molar-refractivity contribution is 5.90. The number of hydrogen-bond donors (Lipinski definition) is 0. The topological polar surface area (TPSA) is 105 Å². The number of carbonyl (C=O) groups excluding carboxylic acids is 4. The van der Waals surface area contributed by atoms with Crippen molar-refractivity contribution in [1.29, 1.82) is 0 Å². The van der Waals surface area contributed by atoms with E-state index >= 15 is 0 Å². The van der Waals surface area contributed by atoms with Gasteiger partial charge in [-0.15, -0.1) is 0 Å². The summed E-state index contributed by atoms with van der Waals surface area (Å²) in [6, 6.07) is 0. The first-order valence-electron chi connectivity index (χ1n) is 7.12. The maximum atomic E-state index is 11.6. The van der Waals surface area contributed by atoms with Crippen LogP contribution in [0.3, 0.4) is 0 Å². The molecule has 0 rings (SSSR count). The fourth-order valence-corrected chi connectivity index (χ4v) is 1.14. The molecule has 0 saturated heterocycles. The van der Waals surface area contributed by atoms with Crippen LogP contribution in [0.25, 0.3) is 0 Å². The highest BCUT2D eigenvalue weighted by atomic mass is 16.6. The van der Waals surface area contributed by atoms with Crippen molar-refractivity contribution in [3.05, 3.63) is 24.3 Å². The normalized spacial score (nSPS) is 12.3. The van der Waals surface area contributed by atoms with Gasteiger partial charge in [0.25, 0.3) is 0 Å². The summed E-state index contributed by atoms with van der Waals surface area (Å²) in [6.45, 7) is 11.9. The zero-order chi connectivity index (χ0) is 18.9. The maximum Gasteiger partial charge on any atom is 0.347 e. The van der Waals surface area contributed by atoms with Crippen molar-refractivity contribution in [2.45, 2.75) is 39.9 Å². The molecule has 0 aliphatic rings. The molecule has 24 heavy (non-hydrogen) atoms. The van der Waals surface area contributed by atoms with Crippen LogP contribution >= 0.6 is 0 Å². The molecule has 0 fully saturated rings. The van der Waals surface area contributed by atoms with E-state index in [2.05, 4.69) is 13.2 Å². The molecule has 0 aromatic rings. The van der Waals surface area contributed by atoms with Crippen LogP contribution in [-0.4, -0.2) is 49.3 Å². The van der Waals surface area contributed by atoms with E-state index in [4.69, 9.17) is 18.9 Å². The third-order valence-electron chi connectivity index (χ3n) is 2.50. The Labute approximate surface area is 140 Å². The lowest BCUT2D eigenvalue weighted by Crippen LogP contribution is -2.29. The van der Waals surface area contributed by atoms with Crippen molar-refractivity contribution in [3.63, 3.8) is 0 Å². The maximum absolute atomic E-state index is 11.6. The van der Waals surface area contributed by atoms with Crippen LogP contribution < -0.4 is 0 Å². The monoisotopic (exact) mass is 342 g/mol. The van der Waals surface area contributed by atoms with Gasteiger partial charge in [-0.3, -0.25) is 0 Å². The fourth-order valence-electron chi connectivity index (χ4n) is 1.14. The molecule has 0 aliphatic heterocycles. The van der Waals surface area contributed by atoms with Gasteiger partial charge in [-0.1, -0.05) is 13.2 Å². The SMILES string of the molecule is C=C(C)C(=O)OC(C)C(=O)OCCOC(=O)C(C)OC(=O)C(=C)C. The average molecular weight is 342 g/mol. The Morgan fingerprint density at radius 2 is 1.04 bits per heavy atom. The van der Waals surface area contributed by atoms with E-state index in [-0.39, 0.29) is 24.4 Å². The summed E-state index contributed by atoms with van der Waals surface area (Å²) < 4.78 is 19.1. The largest absolute Gasteiger partial charge is 0.459 e. The standard InChI is InChI=1S/C16H22O8/c1-9(2)13(17)23-11(5)15(19)21-7-8-22-16(20)12(6)24-14(18)10(3)4/h11-12H,1,3,7-8H2,2,4-6H3. The van der Waals surface area contributed by atoms with Crippen molar-refractivity contribution in [3.8, 4) is 0 Å². The van der Waals surface area contributed by atoms with E-state index < -0.39 is 36.1 Å². The molecule has 134 valence electrons. The molecule has 0 aliphatic carbocycles. The number of rotatable bonds is 9. The predicted octanol–water partition coefficient (Wildman–Crippen LogP) is 1.09. The molecular weight excluding hydrogens is 320 g/mol. The van der Waals surface area contributed by atoms with E-state index in [0.29, 0.717) is 0 Å². The molecule has 0 radical (unpaired) electrons. The van der Waals surface area contributed by atoms with Crippen molar-refractivity contribution < 1.29 is 38.1 Å². The van der Waals surface area contributed by atoms with Gasteiger partial charge in [-0.2, -0.15) is 0 Å². The Morgan fingerprint density at radius 1 is 0.750 bits per heavy atom. The van der Waals surface area contributed by atoms with Gasteiger partial charge in [0, 0.05) is 11.1 Å². The molecule has 0 aromatic heterocycles. The van der Waals surface area contributed by atoms with Gasteiger partial charge in [0.2, 0.25) is 0 Å². The van der Waals surface area contributed by atoms with Crippen LogP contribution in [0, 0.1) is 0 Å². The Bertz CT molecular complexity index is 486. The van der Waals surface area contributed by atoms with Gasteiger partial charge in [0.15, 0.2) is 12.2 Å². The molecular formula is C16H22O8. The number of ether oxygens (including phenoxy) is 4. The van der Waals surface area contributed by atoms with Gasteiger partial charge in [0.05, 0.1) is 0 Å². The van der Waals surface area contributed by atoms with Gasteiger partial charge in [-0.05, 0) is 27.7 Å². The Hall–Kier alpha value is -2.64. The average Bonchev–Trinajstić information content (AvgIpc) is 2.50. The van der Waals surface area contributed by atoms with Crippen LogP contribution in [0.5, 0.6) is 0 Å². The third-order valence-corrected chi connectivity index (χ3v) is 2.50. The minimum absolute atomic E-state index is 0.155. The third kappa shape index (κ3) is 8.11. The second-order valence-electron chi connectivity index (χ2n) is 4.99. The van der Waals surface area contributed by atoms with Gasteiger partial charge < -0.3 is 18.9 Å². The molecule has 0 amide bonds. The quantitative estimate of drug-likeness (QED) is 0.265. The van der Waals surface area contributed by atoms with E-state index in [1.54, 1.807) is 0 Å². The summed E-state index contributed by atoms with van der Waals surface area (Å²) in [5.74, 6) is -3.00. The number of carbonyl (C=O) groups is 4. The summed E-state index contributed by atoms with van der Waals surface area (Å²) in [6.07, 6.45) is -2.22. The molecule has 0 aromatic carbocycles. The zero-order valence-corrected chi connectivity index (χ0v) is 14.2. The number of hydrogen-bond acceptors (Lipinski definition) is 8. The van der Waals surface area contributed by atoms with Crippen LogP contribution in [-0.2, 0) is 38.1 Å². The molecule has 0 spiro atoms. The van der Waals surface area contributed by atoms with Crippen molar-refractivity contribution in [2.24, 2.45) is 0 Å². The molecule has 0 bridgehead atoms. The lowest BCUT2D eigenvalue weighted by molar-refractivity contribution is -0.170. The van der Waals surface area contributed by atoms with E-state index in [1.165, 1.54) is 27.7 Å². The van der Waals surface area contributed by atoms with Crippen molar-refractivity contribution in [2.75, 3.05) is 13.2 Å². The lowest BCUT2D eigenvalue weighted by atomic mass is 10.3. The molecule has 0 heterocycles. The predicted molar refractivity (Wildman–Crippen MR) is 82.7 cm³/mol. The van der Waals surface area contributed by atoms with E-state index in [9.17, 15) is 19.2 Å². The smallest absolute Gasteiger partial charge is 0.347 e. The first kappa shape index (κ1) is 21.4. The summed E-state index contributed by atoms with van der Waals surface area (Å²) in [5.41, 5.74) is 0.309. The number of esters is 4. The van der Waals surface area contributed by atoms with Crippen molar-refractivity contribution in [1.82, 2.24) is 0 Å². The summed E-state index contributed by atoms with van der Waals surface area (Å²) in [7, 11) is 0. The second-order valence-corrected chi connectivity index (χ2v) is 4.99. The van der Waals surface area contributed by atoms with Gasteiger partial charge in [-0.25, -0.2) is 19.2 Å². The molecule has 0 saturated carbocycles. The molecule has 2 atom stereocenters. The van der Waals surface area contributed by atoms with E-state index in [0.717, 1.165) is 0 Å². The Kier molecular flexibility index (Phi) is 9.07. The summed E-state index contributed by atoms with van der Waals surface area (Å²) in [4.78, 5) is 45.6. The van der Waals surface area contributed by atoms with Gasteiger partial charge in [0.1, 0.15) is 13.2 Å². The highest BCUT2D eigenvalue weighted by Crippen LogP contribution is 2.02. The van der Waals surface area contributed by atoms with Crippen LogP contribution in [0.4, 0.5) is 0 Å². The second kappa shape index (κ2) is 10.2. The first-order valence-corrected chi connectivity index (χ1v) is 7.12. The Morgan fingerprint density at radius 3 is 1.29 bits per heavy atom. The van der Waals surface area contributed by atoms with Crippen LogP contribution in [0.2, 0.25) is 0 Å². The summed E-state index contributed by atoms with van der Waals surface area (Å²) in [5, 5.41) is 0. The molecule has 0 N–H and O–H groups in total. The van der Waals surface area contributed by atoms with Crippen LogP contribution in [0.1, 0.15) is 27.7 Å². The molecule has 8 nitrogen and oxygen atoms in total. The molecule has 8 heteroatoms. The van der Waals surface area contributed by atoms with Gasteiger partial charge >= 0.3 is 23.9 Å². The summed E-state index contributed by atoms with van der Waals surface area (Å²) >= 11 is 0. The first-order chi connectivity index (χ1) is 11.1. The fraction of sp³-hybridized carbons (Fsp3) is 0.500. The minimum atomic E-state index is -1.11. The zero-order valence-electron chi connectivity index (χ0n) is 14.2.